The number of hydrogen-bond acceptors (Lipinski definition) is 6. The Labute approximate surface area is 167 Å². The molecule has 0 aliphatic rings. The van der Waals surface area contributed by atoms with Crippen LogP contribution < -0.4 is 10.6 Å². The van der Waals surface area contributed by atoms with Crippen LogP contribution in [0.5, 0.6) is 0 Å². The lowest BCUT2D eigenvalue weighted by atomic mass is 10.1. The summed E-state index contributed by atoms with van der Waals surface area (Å²) < 4.78 is 0. The van der Waals surface area contributed by atoms with Gasteiger partial charge in [0.05, 0.1) is 17.0 Å². The van der Waals surface area contributed by atoms with Crippen LogP contribution in [0.4, 0.5) is 17.3 Å². The molecule has 7 heteroatoms. The summed E-state index contributed by atoms with van der Waals surface area (Å²) in [5.74, 6) is 0.230. The lowest BCUT2D eigenvalue weighted by molar-refractivity contribution is 0.102. The highest BCUT2D eigenvalue weighted by Gasteiger charge is 2.09. The van der Waals surface area contributed by atoms with Gasteiger partial charge in [0.1, 0.15) is 0 Å². The molecule has 29 heavy (non-hydrogen) atoms. The number of pyridine rings is 2. The van der Waals surface area contributed by atoms with E-state index in [4.69, 9.17) is 0 Å². The van der Waals surface area contributed by atoms with Crippen LogP contribution in [0.1, 0.15) is 15.9 Å². The Bertz CT molecular complexity index is 1130. The zero-order valence-electron chi connectivity index (χ0n) is 15.7. The molecule has 0 atom stereocenters. The molecular formula is C22H18N6O. The van der Waals surface area contributed by atoms with Gasteiger partial charge in [0.15, 0.2) is 0 Å². The second-order valence-corrected chi connectivity index (χ2v) is 6.33. The number of nitrogens with one attached hydrogen (secondary N) is 2. The lowest BCUT2D eigenvalue weighted by Gasteiger charge is -2.12. The second kappa shape index (κ2) is 8.26. The van der Waals surface area contributed by atoms with Crippen molar-refractivity contribution in [2.45, 2.75) is 6.92 Å². The van der Waals surface area contributed by atoms with Crippen LogP contribution in [0.15, 0.2) is 79.4 Å². The molecule has 2 N–H and O–H groups in total. The van der Waals surface area contributed by atoms with Crippen LogP contribution in [0.25, 0.3) is 11.4 Å². The smallest absolute Gasteiger partial charge is 0.257 e. The molecule has 0 radical (unpaired) electrons. The summed E-state index contributed by atoms with van der Waals surface area (Å²) >= 11 is 0. The van der Waals surface area contributed by atoms with Crippen molar-refractivity contribution in [3.8, 4) is 11.4 Å². The van der Waals surface area contributed by atoms with Crippen molar-refractivity contribution in [2.24, 2.45) is 0 Å². The van der Waals surface area contributed by atoms with E-state index < -0.39 is 0 Å². The highest BCUT2D eigenvalue weighted by atomic mass is 16.1. The average Bonchev–Trinajstić information content (AvgIpc) is 2.77. The molecule has 7 nitrogen and oxygen atoms in total. The number of rotatable bonds is 5. The van der Waals surface area contributed by atoms with Crippen molar-refractivity contribution >= 4 is 23.2 Å². The Kier molecular flexibility index (Phi) is 5.20. The van der Waals surface area contributed by atoms with Crippen molar-refractivity contribution in [3.05, 3.63) is 90.5 Å². The molecule has 0 unspecified atom stereocenters. The zero-order valence-corrected chi connectivity index (χ0v) is 15.7. The predicted molar refractivity (Wildman–Crippen MR) is 112 cm³/mol. The van der Waals surface area contributed by atoms with Gasteiger partial charge in [0, 0.05) is 36.2 Å². The molecule has 1 aromatic carbocycles. The first-order valence-electron chi connectivity index (χ1n) is 9.02. The van der Waals surface area contributed by atoms with Crippen LogP contribution >= 0.6 is 0 Å². The van der Waals surface area contributed by atoms with E-state index in [1.165, 1.54) is 6.20 Å². The molecule has 0 saturated carbocycles. The minimum absolute atomic E-state index is 0.221. The lowest BCUT2D eigenvalue weighted by Crippen LogP contribution is -2.12. The summed E-state index contributed by atoms with van der Waals surface area (Å²) in [6.07, 6.45) is 6.56. The molecule has 4 rings (SSSR count). The van der Waals surface area contributed by atoms with Gasteiger partial charge in [0.2, 0.25) is 5.95 Å². The first kappa shape index (κ1) is 18.2. The molecule has 4 aromatic rings. The largest absolute Gasteiger partial charge is 0.324 e. The third-order valence-corrected chi connectivity index (χ3v) is 4.25. The third-order valence-electron chi connectivity index (χ3n) is 4.25. The zero-order chi connectivity index (χ0) is 20.1. The number of carbonyl (C=O) groups is 1. The van der Waals surface area contributed by atoms with E-state index in [1.807, 2.05) is 49.4 Å². The highest BCUT2D eigenvalue weighted by Crippen LogP contribution is 2.24. The monoisotopic (exact) mass is 382 g/mol. The van der Waals surface area contributed by atoms with Crippen LogP contribution in [0, 0.1) is 6.92 Å². The quantitative estimate of drug-likeness (QED) is 0.536. The summed E-state index contributed by atoms with van der Waals surface area (Å²) in [5, 5.41) is 6.10. The molecule has 0 saturated heterocycles. The van der Waals surface area contributed by atoms with Gasteiger partial charge < -0.3 is 10.6 Å². The van der Waals surface area contributed by atoms with E-state index >= 15 is 0 Å². The number of anilines is 3. The van der Waals surface area contributed by atoms with Crippen LogP contribution in [0.3, 0.4) is 0 Å². The third kappa shape index (κ3) is 4.41. The van der Waals surface area contributed by atoms with E-state index in [2.05, 4.69) is 30.6 Å². The number of benzene rings is 1. The van der Waals surface area contributed by atoms with E-state index in [0.29, 0.717) is 17.2 Å². The van der Waals surface area contributed by atoms with Crippen molar-refractivity contribution in [1.29, 1.82) is 0 Å². The first-order valence-corrected chi connectivity index (χ1v) is 9.02. The van der Waals surface area contributed by atoms with E-state index in [-0.39, 0.29) is 5.91 Å². The maximum Gasteiger partial charge on any atom is 0.257 e. The normalized spacial score (nSPS) is 10.4. The summed E-state index contributed by atoms with van der Waals surface area (Å²) in [6, 6.07) is 16.5. The molecule has 0 spiro atoms. The molecule has 3 heterocycles. The molecule has 3 aromatic heterocycles. The van der Waals surface area contributed by atoms with Crippen LogP contribution in [-0.4, -0.2) is 25.8 Å². The van der Waals surface area contributed by atoms with Gasteiger partial charge in [-0.25, -0.2) is 9.97 Å². The number of amides is 1. The maximum absolute atomic E-state index is 12.4. The van der Waals surface area contributed by atoms with Crippen molar-refractivity contribution < 1.29 is 4.79 Å². The molecule has 142 valence electrons. The Morgan fingerprint density at radius 3 is 2.62 bits per heavy atom. The van der Waals surface area contributed by atoms with Gasteiger partial charge >= 0.3 is 0 Å². The Hall–Kier alpha value is -4.13. The fourth-order valence-corrected chi connectivity index (χ4v) is 2.73. The van der Waals surface area contributed by atoms with Crippen LogP contribution in [0.2, 0.25) is 0 Å². The first-order chi connectivity index (χ1) is 14.2. The van der Waals surface area contributed by atoms with Gasteiger partial charge in [0.25, 0.3) is 5.91 Å². The number of nitrogens with zero attached hydrogens (tertiary/aromatic N) is 4. The number of aromatic nitrogens is 4. The molecule has 0 fully saturated rings. The Morgan fingerprint density at radius 2 is 1.83 bits per heavy atom. The molecule has 0 aliphatic carbocycles. The van der Waals surface area contributed by atoms with Crippen molar-refractivity contribution in [1.82, 2.24) is 19.9 Å². The number of aryl methyl sites for hydroxylation is 1. The molecule has 1 amide bonds. The minimum Gasteiger partial charge on any atom is -0.324 e. The topological polar surface area (TPSA) is 92.7 Å². The SMILES string of the molecule is Cc1ccc(NC(=O)c2cccnc2)cc1Nc1nccc(-c2ccccn2)n1. The Balaban J connectivity index is 1.55. The Morgan fingerprint density at radius 1 is 0.897 bits per heavy atom. The summed E-state index contributed by atoms with van der Waals surface area (Å²) in [7, 11) is 0. The summed E-state index contributed by atoms with van der Waals surface area (Å²) in [6.45, 7) is 1.97. The van der Waals surface area contributed by atoms with Gasteiger partial charge in [-0.15, -0.1) is 0 Å². The maximum atomic E-state index is 12.4. The predicted octanol–water partition coefficient (Wildman–Crippen LogP) is 4.24. The van der Waals surface area contributed by atoms with E-state index in [9.17, 15) is 4.79 Å². The second-order valence-electron chi connectivity index (χ2n) is 6.33. The van der Waals surface area contributed by atoms with Gasteiger partial charge in [-0.1, -0.05) is 12.1 Å². The van der Waals surface area contributed by atoms with E-state index in [0.717, 1.165) is 22.6 Å². The standard InChI is InChI=1S/C22H18N6O/c1-15-7-8-17(26-21(29)16-5-4-10-23-14-16)13-20(15)28-22-25-12-9-19(27-22)18-6-2-3-11-24-18/h2-14H,1H3,(H,26,29)(H,25,27,28). The number of carbonyl (C=O) groups excluding carboxylic acids is 1. The van der Waals surface area contributed by atoms with Crippen molar-refractivity contribution in [2.75, 3.05) is 10.6 Å². The summed E-state index contributed by atoms with van der Waals surface area (Å²) in [4.78, 5) is 29.5. The fraction of sp³-hybridized carbons (Fsp3) is 0.0455. The van der Waals surface area contributed by atoms with Gasteiger partial charge in [-0.2, -0.15) is 0 Å². The molecule has 0 aliphatic heterocycles. The van der Waals surface area contributed by atoms with Gasteiger partial charge in [-0.05, 0) is 55.0 Å². The van der Waals surface area contributed by atoms with Crippen LogP contribution in [-0.2, 0) is 0 Å². The molecular weight excluding hydrogens is 364 g/mol. The minimum atomic E-state index is -0.221. The molecule has 0 bridgehead atoms. The average molecular weight is 382 g/mol. The number of hydrogen-bond donors (Lipinski definition) is 2. The fourth-order valence-electron chi connectivity index (χ4n) is 2.73. The van der Waals surface area contributed by atoms with Crippen molar-refractivity contribution in [3.63, 3.8) is 0 Å². The highest BCUT2D eigenvalue weighted by molar-refractivity contribution is 6.04. The van der Waals surface area contributed by atoms with E-state index in [1.54, 1.807) is 30.7 Å². The van der Waals surface area contributed by atoms with Gasteiger partial charge in [-0.3, -0.25) is 14.8 Å². The summed E-state index contributed by atoms with van der Waals surface area (Å²) in [5.41, 5.74) is 4.44.